The maximum absolute atomic E-state index is 11.6. The van der Waals surface area contributed by atoms with Gasteiger partial charge >= 0.3 is 0 Å². The molecule has 50 heavy (non-hydrogen) atoms. The van der Waals surface area contributed by atoms with Crippen LogP contribution < -0.4 is 19.3 Å². The first-order valence-corrected chi connectivity index (χ1v) is 19.0. The van der Waals surface area contributed by atoms with Gasteiger partial charge in [0.15, 0.2) is 0 Å². The van der Waals surface area contributed by atoms with Crippen LogP contribution in [0.25, 0.3) is 11.1 Å². The second-order valence-electron chi connectivity index (χ2n) is 16.9. The predicted octanol–water partition coefficient (Wildman–Crippen LogP) is 10.4. The van der Waals surface area contributed by atoms with Crippen LogP contribution >= 0.6 is 0 Å². The highest BCUT2D eigenvalue weighted by molar-refractivity contribution is 5.85. The largest absolute Gasteiger partial charge is 0.511 e. The Morgan fingerprint density at radius 3 is 1.52 bits per heavy atom. The Morgan fingerprint density at radius 1 is 0.640 bits per heavy atom. The number of aliphatic hydroxyl groups excluding tert-OH is 2. The number of hydrogen-bond acceptors (Lipinski definition) is 6. The van der Waals surface area contributed by atoms with E-state index < -0.39 is 12.0 Å². The quantitative estimate of drug-likeness (QED) is 0.336. The van der Waals surface area contributed by atoms with Crippen LogP contribution in [0.5, 0.6) is 11.5 Å². The second kappa shape index (κ2) is 13.7. The summed E-state index contributed by atoms with van der Waals surface area (Å²) < 4.78 is 13.1. The van der Waals surface area contributed by atoms with Gasteiger partial charge in [-0.05, 0) is 79.3 Å². The van der Waals surface area contributed by atoms with Gasteiger partial charge in [-0.15, -0.1) is 0 Å². The fraction of sp³-hybridized carbons (Fsp3) is 0.500. The maximum atomic E-state index is 11.6. The highest BCUT2D eigenvalue weighted by atomic mass is 16.5. The normalized spacial score (nSPS) is 24.7. The third-order valence-electron chi connectivity index (χ3n) is 10.9. The summed E-state index contributed by atoms with van der Waals surface area (Å²) in [5.41, 5.74) is 6.39. The Morgan fingerprint density at radius 2 is 1.08 bits per heavy atom. The van der Waals surface area contributed by atoms with E-state index in [1.54, 1.807) is 0 Å². The Kier molecular flexibility index (Phi) is 9.44. The molecule has 2 aromatic carbocycles. The summed E-state index contributed by atoms with van der Waals surface area (Å²) >= 11 is 0. The van der Waals surface area contributed by atoms with Crippen molar-refractivity contribution in [3.05, 3.63) is 94.7 Å². The van der Waals surface area contributed by atoms with E-state index in [-0.39, 0.29) is 16.6 Å². The number of aliphatic hydroxyl groups is 2. The molecule has 2 unspecified atom stereocenters. The summed E-state index contributed by atoms with van der Waals surface area (Å²) in [7, 11) is 0. The molecule has 0 aromatic heterocycles. The number of anilines is 2. The molecule has 5 aliphatic rings. The third-order valence-corrected chi connectivity index (χ3v) is 10.9. The van der Waals surface area contributed by atoms with Crippen LogP contribution in [0.15, 0.2) is 83.6 Å². The van der Waals surface area contributed by atoms with Crippen LogP contribution in [0.1, 0.15) is 104 Å². The van der Waals surface area contributed by atoms with Crippen molar-refractivity contribution in [2.75, 3.05) is 36.0 Å². The first kappa shape index (κ1) is 34.5. The van der Waals surface area contributed by atoms with Crippen molar-refractivity contribution in [3.63, 3.8) is 0 Å². The van der Waals surface area contributed by atoms with Crippen molar-refractivity contribution >= 4 is 22.5 Å². The Labute approximate surface area is 299 Å². The zero-order valence-corrected chi connectivity index (χ0v) is 31.0. The molecule has 6 heteroatoms. The van der Waals surface area contributed by atoms with E-state index in [0.717, 1.165) is 71.5 Å². The minimum Gasteiger partial charge on any atom is -0.511 e. The lowest BCUT2D eigenvalue weighted by Gasteiger charge is -2.35. The van der Waals surface area contributed by atoms with Crippen molar-refractivity contribution < 1.29 is 19.7 Å². The molecule has 2 aromatic rings. The number of hydrogen-bond donors (Lipinski definition) is 2. The molecule has 0 spiro atoms. The molecule has 0 radical (unpaired) electrons. The molecular weight excluding hydrogens is 620 g/mol. The molecule has 6 nitrogen and oxygen atoms in total. The van der Waals surface area contributed by atoms with E-state index in [2.05, 4.69) is 99.9 Å². The lowest BCUT2D eigenvalue weighted by atomic mass is 9.77. The molecule has 2 fully saturated rings. The molecule has 0 bridgehead atoms. The number of ether oxygens (including phenoxy) is 2. The smallest absolute Gasteiger partial charge is 0.136 e. The van der Waals surface area contributed by atoms with Crippen LogP contribution in [0.4, 0.5) is 11.4 Å². The van der Waals surface area contributed by atoms with E-state index in [4.69, 9.17) is 9.47 Å². The van der Waals surface area contributed by atoms with Crippen LogP contribution in [-0.4, -0.2) is 42.5 Å². The van der Waals surface area contributed by atoms with Gasteiger partial charge < -0.3 is 29.5 Å². The van der Waals surface area contributed by atoms with Crippen molar-refractivity contribution in [3.8, 4) is 11.5 Å². The maximum Gasteiger partial charge on any atom is 0.136 e. The Hall–Kier alpha value is -3.90. The van der Waals surface area contributed by atoms with Crippen LogP contribution in [0, 0.1) is 16.7 Å². The third kappa shape index (κ3) is 7.01. The van der Waals surface area contributed by atoms with E-state index >= 15 is 0 Å². The van der Waals surface area contributed by atoms with Gasteiger partial charge in [-0.1, -0.05) is 73.3 Å². The Balaban J connectivity index is 1.22. The van der Waals surface area contributed by atoms with Gasteiger partial charge in [-0.3, -0.25) is 0 Å². The lowest BCUT2D eigenvalue weighted by Crippen LogP contribution is -2.34. The minimum atomic E-state index is -0.835. The number of fused-ring (bicyclic) bond motifs is 2. The van der Waals surface area contributed by atoms with E-state index in [9.17, 15) is 10.2 Å². The van der Waals surface area contributed by atoms with Gasteiger partial charge in [0.1, 0.15) is 28.8 Å². The summed E-state index contributed by atoms with van der Waals surface area (Å²) in [6, 6.07) is 13.0. The summed E-state index contributed by atoms with van der Waals surface area (Å²) in [5, 5.41) is 23.1. The summed E-state index contributed by atoms with van der Waals surface area (Å²) in [5.74, 6) is 3.11. The molecule has 2 saturated heterocycles. The number of rotatable bonds is 4. The van der Waals surface area contributed by atoms with Crippen molar-refractivity contribution in [2.45, 2.75) is 99.0 Å². The molecule has 2 atom stereocenters. The van der Waals surface area contributed by atoms with E-state index in [1.165, 1.54) is 62.7 Å². The van der Waals surface area contributed by atoms with Gasteiger partial charge in [-0.25, -0.2) is 0 Å². The molecule has 1 aliphatic carbocycles. The minimum absolute atomic E-state index is 0.206. The summed E-state index contributed by atoms with van der Waals surface area (Å²) in [6.07, 6.45) is 17.3. The molecule has 0 amide bonds. The second-order valence-corrected chi connectivity index (χ2v) is 16.9. The van der Waals surface area contributed by atoms with Crippen LogP contribution in [-0.2, 0) is 0 Å². The monoisotopic (exact) mass is 676 g/mol. The predicted molar refractivity (Wildman–Crippen MR) is 206 cm³/mol. The van der Waals surface area contributed by atoms with Gasteiger partial charge in [-0.2, -0.15) is 0 Å². The van der Waals surface area contributed by atoms with Gasteiger partial charge in [0.05, 0.1) is 12.0 Å². The highest BCUT2D eigenvalue weighted by Crippen LogP contribution is 2.47. The fourth-order valence-corrected chi connectivity index (χ4v) is 7.73. The molecule has 7 rings (SSSR count). The standard InChI is InChI=1S/C44H56N2O4/c1-43(2,3)39-25-29(33-17-15-31(27-37(33)49-39)45-19-11-7-8-12-20-45)23-35-41(47)36(42(35)48)24-30-26-40(44(4,5)6)50-38-28-32(16-18-34(30)38)46-21-13-9-10-14-22-46/h15-18,23-28,35,41,47-48H,7-14,19-22H2,1-6H3/b29-23+,30-24+. The van der Waals surface area contributed by atoms with Crippen molar-refractivity contribution in [1.82, 2.24) is 0 Å². The molecule has 0 saturated carbocycles. The van der Waals surface area contributed by atoms with Crippen LogP contribution in [0.2, 0.25) is 0 Å². The van der Waals surface area contributed by atoms with Gasteiger partial charge in [0.25, 0.3) is 0 Å². The van der Waals surface area contributed by atoms with Crippen molar-refractivity contribution in [2.24, 2.45) is 16.7 Å². The molecule has 4 heterocycles. The first-order valence-electron chi connectivity index (χ1n) is 19.0. The Bertz CT molecular complexity index is 1760. The number of benzene rings is 2. The van der Waals surface area contributed by atoms with E-state index in [0.29, 0.717) is 5.57 Å². The van der Waals surface area contributed by atoms with Crippen LogP contribution in [0.3, 0.4) is 0 Å². The molecule has 4 aliphatic heterocycles. The lowest BCUT2D eigenvalue weighted by molar-refractivity contribution is 0.113. The van der Waals surface area contributed by atoms with Gasteiger partial charge in [0, 0.05) is 77.2 Å². The van der Waals surface area contributed by atoms with Gasteiger partial charge in [0.2, 0.25) is 0 Å². The molecular formula is C44H56N2O4. The molecule has 2 N–H and O–H groups in total. The number of allylic oxidation sites excluding steroid dienone is 6. The highest BCUT2D eigenvalue weighted by Gasteiger charge is 2.39. The fourth-order valence-electron chi connectivity index (χ4n) is 7.73. The SMILES string of the molecule is CC(C)(C)C1=C/C(=C\C2=C(O)C(/C=C3\C=C(C(C)(C)C)Oc4cc(N5CCCCCC5)ccc43)C2O)c2ccc(N3CCCCCC3)cc2O1. The topological polar surface area (TPSA) is 65.4 Å². The first-order chi connectivity index (χ1) is 23.9. The summed E-state index contributed by atoms with van der Waals surface area (Å²) in [4.78, 5) is 4.95. The van der Waals surface area contributed by atoms with E-state index in [1.807, 2.05) is 12.2 Å². The molecule has 266 valence electrons. The zero-order chi connectivity index (χ0) is 35.2. The average molecular weight is 677 g/mol. The van der Waals surface area contributed by atoms with Crippen molar-refractivity contribution in [1.29, 1.82) is 0 Å². The number of nitrogens with zero attached hydrogens (tertiary/aromatic N) is 2. The average Bonchev–Trinajstić information content (AvgIpc) is 3.54. The zero-order valence-electron chi connectivity index (χ0n) is 31.0. The summed E-state index contributed by atoms with van der Waals surface area (Å²) in [6.45, 7) is 17.2.